The van der Waals surface area contributed by atoms with E-state index < -0.39 is 5.79 Å². The van der Waals surface area contributed by atoms with E-state index in [0.717, 1.165) is 11.3 Å². The van der Waals surface area contributed by atoms with Crippen LogP contribution in [0.5, 0.6) is 0 Å². The van der Waals surface area contributed by atoms with Gasteiger partial charge in [0.25, 0.3) is 0 Å². The van der Waals surface area contributed by atoms with E-state index in [2.05, 4.69) is 164 Å². The molecule has 1 unspecified atom stereocenters. The predicted octanol–water partition coefficient (Wildman–Crippen LogP) is 12.6. The Morgan fingerprint density at radius 2 is 1.41 bits per heavy atom. The summed E-state index contributed by atoms with van der Waals surface area (Å²) in [6.45, 7) is 11.7. The van der Waals surface area contributed by atoms with Crippen LogP contribution in [0, 0.1) is 6.92 Å². The van der Waals surface area contributed by atoms with Gasteiger partial charge in [-0.05, 0) is 92.9 Å². The molecule has 2 fully saturated rings. The molecular formula is C54H59N5+2. The minimum atomic E-state index is -0.620. The second-order valence-corrected chi connectivity index (χ2v) is 18.9. The lowest BCUT2D eigenvalue weighted by molar-refractivity contribution is -0.946. The first-order valence-corrected chi connectivity index (χ1v) is 22.8. The molecule has 0 bridgehead atoms. The zero-order chi connectivity index (χ0) is 40.2. The molecule has 7 aromatic rings. The van der Waals surface area contributed by atoms with Gasteiger partial charge in [-0.25, -0.2) is 0 Å². The van der Waals surface area contributed by atoms with Crippen molar-refractivity contribution in [2.45, 2.75) is 129 Å². The number of allylic oxidation sites excluding steroid dienone is 1. The molecule has 5 heteroatoms. The van der Waals surface area contributed by atoms with Gasteiger partial charge in [-0.1, -0.05) is 132 Å². The topological polar surface area (TPSA) is 27.9 Å². The summed E-state index contributed by atoms with van der Waals surface area (Å²) in [5.41, 5.74) is 13.2. The Morgan fingerprint density at radius 1 is 0.695 bits per heavy atom. The van der Waals surface area contributed by atoms with Crippen molar-refractivity contribution in [2.75, 3.05) is 0 Å². The average molecular weight is 778 g/mol. The maximum absolute atomic E-state index is 5.84. The van der Waals surface area contributed by atoms with Crippen LogP contribution in [0.15, 0.2) is 97.2 Å². The van der Waals surface area contributed by atoms with Gasteiger partial charge in [-0.2, -0.15) is 4.58 Å². The number of nitrogens with zero attached hydrogens (tertiary/aromatic N) is 5. The standard InChI is InChI=1S/C54H59N5/c1-34(2)38-26-28-45-40(30-38)27-29-47-49(45)52-53-50(46-31-39-20-16-17-25-44(39)48(35(3)4)51(46)56(53)6)55-36(5)59(52)54(47)57(42-21-12-8-13-22-42)32-41(37-18-10-7-11-19-37)33-58(54)43-23-14-9-15-24-43/h7,10-11,16-20,25-35,42-43H,8-9,12-15,21-24H2,1-6H3/q+2. The van der Waals surface area contributed by atoms with Gasteiger partial charge in [0.2, 0.25) is 5.52 Å². The molecule has 2 aliphatic carbocycles. The lowest BCUT2D eigenvalue weighted by Crippen LogP contribution is -2.75. The first kappa shape index (κ1) is 36.8. The summed E-state index contributed by atoms with van der Waals surface area (Å²) in [5, 5.41) is 6.56. The van der Waals surface area contributed by atoms with Gasteiger partial charge in [-0.3, -0.25) is 4.90 Å². The number of rotatable bonds is 5. The molecule has 298 valence electrons. The largest absolute Gasteiger partial charge is 0.417 e. The molecule has 1 atom stereocenters. The highest BCUT2D eigenvalue weighted by atomic mass is 15.5. The lowest BCUT2D eigenvalue weighted by atomic mass is 9.86. The van der Waals surface area contributed by atoms with Crippen LogP contribution in [-0.4, -0.2) is 37.3 Å². The van der Waals surface area contributed by atoms with E-state index in [-0.39, 0.29) is 0 Å². The number of aromatic nitrogens is 3. The van der Waals surface area contributed by atoms with Gasteiger partial charge < -0.3 is 4.57 Å². The van der Waals surface area contributed by atoms with Gasteiger partial charge in [-0.15, -0.1) is 4.57 Å². The van der Waals surface area contributed by atoms with Crippen molar-refractivity contribution in [3.63, 3.8) is 0 Å². The highest BCUT2D eigenvalue weighted by Gasteiger charge is 2.67. The number of hydrogen-bond acceptors (Lipinski definition) is 2. The Kier molecular flexibility index (Phi) is 8.66. The highest BCUT2D eigenvalue weighted by molar-refractivity contribution is 6.17. The number of hydrogen-bond donors (Lipinski definition) is 0. The minimum Gasteiger partial charge on any atom is -0.337 e. The van der Waals surface area contributed by atoms with E-state index in [1.54, 1.807) is 0 Å². The molecule has 59 heavy (non-hydrogen) atoms. The normalized spacial score (nSPS) is 20.1. The van der Waals surface area contributed by atoms with Gasteiger partial charge in [0.1, 0.15) is 11.1 Å². The third-order valence-electron chi connectivity index (χ3n) is 14.8. The molecule has 5 nitrogen and oxygen atoms in total. The summed E-state index contributed by atoms with van der Waals surface area (Å²) in [7, 11) is 2.33. The first-order valence-electron chi connectivity index (χ1n) is 22.8. The van der Waals surface area contributed by atoms with Crippen LogP contribution >= 0.6 is 0 Å². The molecule has 4 aliphatic rings. The summed E-state index contributed by atoms with van der Waals surface area (Å²) in [6, 6.07) is 35.7. The summed E-state index contributed by atoms with van der Waals surface area (Å²) in [5.74, 6) is 1.26. The van der Waals surface area contributed by atoms with Crippen molar-refractivity contribution >= 4 is 55.3 Å². The summed E-state index contributed by atoms with van der Waals surface area (Å²) < 4.78 is 8.17. The van der Waals surface area contributed by atoms with Gasteiger partial charge >= 0.3 is 11.6 Å². The Bertz CT molecular complexity index is 2880. The van der Waals surface area contributed by atoms with E-state index >= 15 is 0 Å². The van der Waals surface area contributed by atoms with Gasteiger partial charge in [0.15, 0.2) is 18.0 Å². The van der Waals surface area contributed by atoms with Gasteiger partial charge in [0, 0.05) is 44.6 Å². The van der Waals surface area contributed by atoms with Crippen molar-refractivity contribution in [3.8, 4) is 11.3 Å². The molecule has 5 aromatic carbocycles. The molecule has 11 rings (SSSR count). The maximum atomic E-state index is 5.84. The summed E-state index contributed by atoms with van der Waals surface area (Å²) in [6.07, 6.45) is 17.7. The molecule has 2 aromatic heterocycles. The van der Waals surface area contributed by atoms with Crippen molar-refractivity contribution in [1.29, 1.82) is 0 Å². The van der Waals surface area contributed by atoms with Crippen LogP contribution < -0.4 is 4.57 Å². The quantitative estimate of drug-likeness (QED) is 0.163. The minimum absolute atomic E-state index is 0.348. The van der Waals surface area contributed by atoms with Crippen molar-refractivity contribution < 1.29 is 9.14 Å². The third kappa shape index (κ3) is 5.31. The Balaban J connectivity index is 1.34. The molecule has 0 N–H and O–H groups in total. The smallest absolute Gasteiger partial charge is 0.337 e. The summed E-state index contributed by atoms with van der Waals surface area (Å²) in [4.78, 5) is 8.72. The average Bonchev–Trinajstić information content (AvgIpc) is 3.72. The number of benzene rings is 5. The second kappa shape index (κ2) is 13.9. The van der Waals surface area contributed by atoms with E-state index in [0.29, 0.717) is 23.9 Å². The van der Waals surface area contributed by atoms with E-state index in [4.69, 9.17) is 4.98 Å². The fourth-order valence-corrected chi connectivity index (χ4v) is 12.1. The van der Waals surface area contributed by atoms with Crippen LogP contribution in [-0.2, 0) is 12.8 Å². The molecule has 4 heterocycles. The van der Waals surface area contributed by atoms with Gasteiger partial charge in [0.05, 0.1) is 16.5 Å². The van der Waals surface area contributed by atoms with Crippen molar-refractivity contribution in [1.82, 2.24) is 14.5 Å². The monoisotopic (exact) mass is 777 g/mol. The molecule has 2 saturated carbocycles. The summed E-state index contributed by atoms with van der Waals surface area (Å²) >= 11 is 0. The van der Waals surface area contributed by atoms with Crippen LogP contribution in [0.3, 0.4) is 0 Å². The Hall–Kier alpha value is -5.29. The fraction of sp³-hybridized carbons (Fsp3) is 0.389. The first-order chi connectivity index (χ1) is 28.8. The van der Waals surface area contributed by atoms with Crippen LogP contribution in [0.1, 0.15) is 132 Å². The molecular weight excluding hydrogens is 719 g/mol. The lowest BCUT2D eigenvalue weighted by Gasteiger charge is -2.45. The fourth-order valence-electron chi connectivity index (χ4n) is 12.1. The molecule has 0 radical (unpaired) electrons. The Morgan fingerprint density at radius 3 is 2.15 bits per heavy atom. The number of aryl methyl sites for hydroxylation is 2. The molecule has 2 aliphatic heterocycles. The van der Waals surface area contributed by atoms with E-state index in [9.17, 15) is 0 Å². The van der Waals surface area contributed by atoms with Crippen LogP contribution in [0.25, 0.3) is 60.3 Å². The third-order valence-corrected chi connectivity index (χ3v) is 14.8. The molecule has 1 spiro atoms. The zero-order valence-electron chi connectivity index (χ0n) is 35.9. The number of fused-ring (bicyclic) bond motifs is 12. The van der Waals surface area contributed by atoms with E-state index in [1.807, 2.05) is 0 Å². The van der Waals surface area contributed by atoms with E-state index in [1.165, 1.54) is 141 Å². The predicted molar refractivity (Wildman–Crippen MR) is 245 cm³/mol. The maximum Gasteiger partial charge on any atom is 0.417 e. The van der Waals surface area contributed by atoms with Crippen LogP contribution in [0.2, 0.25) is 0 Å². The Labute approximate surface area is 349 Å². The second-order valence-electron chi connectivity index (χ2n) is 18.9. The zero-order valence-corrected chi connectivity index (χ0v) is 35.9. The molecule has 0 amide bonds. The van der Waals surface area contributed by atoms with Crippen LogP contribution in [0.4, 0.5) is 0 Å². The van der Waals surface area contributed by atoms with Crippen molar-refractivity contribution in [3.05, 3.63) is 125 Å². The molecule has 0 saturated heterocycles. The van der Waals surface area contributed by atoms with Crippen molar-refractivity contribution in [2.24, 2.45) is 7.05 Å². The highest BCUT2D eigenvalue weighted by Crippen LogP contribution is 2.52. The SMILES string of the molecule is Cc1nc2c3cc4ccccc4c(C(C)C)c3n(C)c2c2[n+]1C1(c3ccc4cc(C(C)C)ccc4c3-2)N(C2CCCCC2)C=C(c2ccccc2)C=[N+]1C1CCCCC1.